The van der Waals surface area contributed by atoms with E-state index in [1.54, 1.807) is 0 Å². The van der Waals surface area contributed by atoms with E-state index >= 15 is 0 Å². The van der Waals surface area contributed by atoms with Crippen molar-refractivity contribution in [1.29, 1.82) is 0 Å². The number of rotatable bonds is 3. The quantitative estimate of drug-likeness (QED) is 0.356. The third-order valence-electron chi connectivity index (χ3n) is 0.723. The summed E-state index contributed by atoms with van der Waals surface area (Å²) < 4.78 is 0. The third kappa shape index (κ3) is 5.48. The van der Waals surface area contributed by atoms with E-state index in [1.165, 1.54) is 0 Å². The van der Waals surface area contributed by atoms with Gasteiger partial charge in [0.2, 0.25) is 0 Å². The fourth-order valence-electron chi connectivity index (χ4n) is 0.283. The first kappa shape index (κ1) is 8.61. The normalized spacial score (nSPS) is 12.7. The Kier molecular flexibility index (Phi) is 4.29. The SMILES string of the molecule is NC(=S)NCC(O)CO. The third-order valence-corrected chi connectivity index (χ3v) is 0.867. The summed E-state index contributed by atoms with van der Waals surface area (Å²) in [7, 11) is 0. The number of nitrogens with two attached hydrogens (primary N) is 1. The highest BCUT2D eigenvalue weighted by atomic mass is 32.1. The Hall–Kier alpha value is -0.390. The Morgan fingerprint density at radius 3 is 2.67 bits per heavy atom. The van der Waals surface area contributed by atoms with Gasteiger partial charge in [-0.1, -0.05) is 0 Å². The van der Waals surface area contributed by atoms with Gasteiger partial charge < -0.3 is 21.3 Å². The van der Waals surface area contributed by atoms with Crippen LogP contribution in [0.4, 0.5) is 0 Å². The lowest BCUT2D eigenvalue weighted by Gasteiger charge is -2.06. The Morgan fingerprint density at radius 1 is 1.78 bits per heavy atom. The van der Waals surface area contributed by atoms with Crippen LogP contribution in [0.3, 0.4) is 0 Å². The summed E-state index contributed by atoms with van der Waals surface area (Å²) in [5.41, 5.74) is 5.02. The molecular formula is C4H10N2O2S. The zero-order valence-corrected chi connectivity index (χ0v) is 5.69. The molecule has 0 fully saturated rings. The highest BCUT2D eigenvalue weighted by Gasteiger charge is 1.99. The van der Waals surface area contributed by atoms with Crippen LogP contribution in [0, 0.1) is 0 Å². The van der Waals surface area contributed by atoms with Gasteiger partial charge >= 0.3 is 0 Å². The predicted molar refractivity (Wildman–Crippen MR) is 37.9 cm³/mol. The first-order valence-electron chi connectivity index (χ1n) is 2.49. The van der Waals surface area contributed by atoms with Crippen molar-refractivity contribution < 1.29 is 10.2 Å². The van der Waals surface area contributed by atoms with E-state index in [-0.39, 0.29) is 18.3 Å². The van der Waals surface area contributed by atoms with Gasteiger partial charge in [0.15, 0.2) is 5.11 Å². The van der Waals surface area contributed by atoms with Crippen molar-refractivity contribution in [3.8, 4) is 0 Å². The smallest absolute Gasteiger partial charge is 0.163 e. The molecule has 0 saturated carbocycles. The Morgan fingerprint density at radius 2 is 2.33 bits per heavy atom. The molecule has 0 aromatic rings. The van der Waals surface area contributed by atoms with Crippen molar-refractivity contribution in [1.82, 2.24) is 5.32 Å². The Bertz CT molecular complexity index is 98.6. The van der Waals surface area contributed by atoms with Crippen molar-refractivity contribution in [3.05, 3.63) is 0 Å². The molecule has 9 heavy (non-hydrogen) atoms. The molecule has 0 spiro atoms. The number of aliphatic hydroxyl groups is 2. The fourth-order valence-corrected chi connectivity index (χ4v) is 0.366. The topological polar surface area (TPSA) is 78.5 Å². The van der Waals surface area contributed by atoms with Gasteiger partial charge in [-0.15, -0.1) is 0 Å². The van der Waals surface area contributed by atoms with Crippen LogP contribution in [0.5, 0.6) is 0 Å². The summed E-state index contributed by atoms with van der Waals surface area (Å²) in [6.07, 6.45) is -0.786. The molecule has 1 atom stereocenters. The number of nitrogens with one attached hydrogen (secondary N) is 1. The van der Waals surface area contributed by atoms with Gasteiger partial charge in [0.05, 0.1) is 12.7 Å². The van der Waals surface area contributed by atoms with Gasteiger partial charge in [-0.3, -0.25) is 0 Å². The first-order chi connectivity index (χ1) is 4.16. The molecule has 0 heterocycles. The van der Waals surface area contributed by atoms with E-state index in [1.807, 2.05) is 0 Å². The van der Waals surface area contributed by atoms with E-state index < -0.39 is 6.10 Å². The first-order valence-corrected chi connectivity index (χ1v) is 2.90. The van der Waals surface area contributed by atoms with Crippen molar-refractivity contribution in [2.45, 2.75) is 6.10 Å². The van der Waals surface area contributed by atoms with E-state index in [9.17, 15) is 0 Å². The average Bonchev–Trinajstić information content (AvgIpc) is 1.83. The Balaban J connectivity index is 3.16. The molecule has 0 amide bonds. The number of hydrogen-bond donors (Lipinski definition) is 4. The van der Waals surface area contributed by atoms with E-state index in [4.69, 9.17) is 15.9 Å². The van der Waals surface area contributed by atoms with Gasteiger partial charge in [-0.2, -0.15) is 0 Å². The average molecular weight is 150 g/mol. The summed E-state index contributed by atoms with van der Waals surface area (Å²) in [6.45, 7) is -0.0819. The van der Waals surface area contributed by atoms with E-state index in [0.29, 0.717) is 0 Å². The summed E-state index contributed by atoms with van der Waals surface area (Å²) in [5.74, 6) is 0. The van der Waals surface area contributed by atoms with Crippen LogP contribution in [0.15, 0.2) is 0 Å². The van der Waals surface area contributed by atoms with Crippen LogP contribution >= 0.6 is 12.2 Å². The van der Waals surface area contributed by atoms with Crippen molar-refractivity contribution >= 4 is 17.3 Å². The minimum Gasteiger partial charge on any atom is -0.394 e. The molecule has 0 saturated heterocycles. The van der Waals surface area contributed by atoms with Crippen LogP contribution in [0.1, 0.15) is 0 Å². The molecular weight excluding hydrogens is 140 g/mol. The van der Waals surface area contributed by atoms with Gasteiger partial charge in [-0.25, -0.2) is 0 Å². The minimum atomic E-state index is -0.786. The molecule has 0 radical (unpaired) electrons. The molecule has 54 valence electrons. The van der Waals surface area contributed by atoms with Gasteiger partial charge in [0, 0.05) is 6.54 Å². The van der Waals surface area contributed by atoms with Gasteiger partial charge in [0.25, 0.3) is 0 Å². The second-order valence-electron chi connectivity index (χ2n) is 1.58. The number of hydrogen-bond acceptors (Lipinski definition) is 3. The molecule has 0 rings (SSSR count). The van der Waals surface area contributed by atoms with Crippen LogP contribution in [0.25, 0.3) is 0 Å². The van der Waals surface area contributed by atoms with Crippen LogP contribution in [0.2, 0.25) is 0 Å². The lowest BCUT2D eigenvalue weighted by atomic mass is 10.4. The summed E-state index contributed by atoms with van der Waals surface area (Å²) in [6, 6.07) is 0. The highest BCUT2D eigenvalue weighted by Crippen LogP contribution is 1.74. The molecule has 0 aliphatic carbocycles. The van der Waals surface area contributed by atoms with Gasteiger partial charge in [0.1, 0.15) is 0 Å². The largest absolute Gasteiger partial charge is 0.394 e. The summed E-state index contributed by atoms with van der Waals surface area (Å²) in [4.78, 5) is 0. The maximum atomic E-state index is 8.68. The lowest BCUT2D eigenvalue weighted by Crippen LogP contribution is -2.36. The second kappa shape index (κ2) is 4.49. The monoisotopic (exact) mass is 150 g/mol. The lowest BCUT2D eigenvalue weighted by molar-refractivity contribution is 0.0983. The van der Waals surface area contributed by atoms with Crippen LogP contribution in [-0.4, -0.2) is 34.6 Å². The van der Waals surface area contributed by atoms with Gasteiger partial charge in [-0.05, 0) is 12.2 Å². The maximum Gasteiger partial charge on any atom is 0.163 e. The van der Waals surface area contributed by atoms with Crippen molar-refractivity contribution in [3.63, 3.8) is 0 Å². The van der Waals surface area contributed by atoms with E-state index in [2.05, 4.69) is 17.5 Å². The Labute approximate surface area is 58.7 Å². The highest BCUT2D eigenvalue weighted by molar-refractivity contribution is 7.80. The van der Waals surface area contributed by atoms with Crippen LogP contribution in [-0.2, 0) is 0 Å². The molecule has 0 aliphatic rings. The summed E-state index contributed by atoms with van der Waals surface area (Å²) in [5, 5.41) is 19.6. The molecule has 0 bridgehead atoms. The molecule has 0 aromatic carbocycles. The van der Waals surface area contributed by atoms with Crippen molar-refractivity contribution in [2.24, 2.45) is 5.73 Å². The fraction of sp³-hybridized carbons (Fsp3) is 0.750. The predicted octanol–water partition coefficient (Wildman–Crippen LogP) is -1.83. The zero-order valence-electron chi connectivity index (χ0n) is 4.87. The molecule has 0 aromatic heterocycles. The minimum absolute atomic E-state index is 0.127. The summed E-state index contributed by atoms with van der Waals surface area (Å²) >= 11 is 4.44. The zero-order chi connectivity index (χ0) is 7.28. The molecule has 5 heteroatoms. The van der Waals surface area contributed by atoms with Crippen molar-refractivity contribution in [2.75, 3.05) is 13.2 Å². The number of thiocarbonyl (C=S) groups is 1. The number of aliphatic hydroxyl groups excluding tert-OH is 2. The standard InChI is InChI=1S/C4H10N2O2S/c5-4(9)6-1-3(8)2-7/h3,7-8H,1-2H2,(H3,5,6,9). The van der Waals surface area contributed by atoms with Crippen LogP contribution < -0.4 is 11.1 Å². The van der Waals surface area contributed by atoms with E-state index in [0.717, 1.165) is 0 Å². The molecule has 4 nitrogen and oxygen atoms in total. The molecule has 1 unspecified atom stereocenters. The maximum absolute atomic E-state index is 8.68. The molecule has 0 aliphatic heterocycles. The second-order valence-corrected chi connectivity index (χ2v) is 2.02. The molecule has 5 N–H and O–H groups in total.